The number of aromatic nitrogens is 5. The Labute approximate surface area is 318 Å². The van der Waals surface area contributed by atoms with Crippen LogP contribution in [0.25, 0.3) is 32.8 Å². The van der Waals surface area contributed by atoms with E-state index in [2.05, 4.69) is 42.3 Å². The molecule has 1 aliphatic heterocycles. The van der Waals surface area contributed by atoms with Crippen LogP contribution in [0.1, 0.15) is 52.2 Å². The number of aryl methyl sites for hydroxylation is 4. The van der Waals surface area contributed by atoms with E-state index in [0.29, 0.717) is 49.8 Å². The molecule has 53 heavy (non-hydrogen) atoms. The molecule has 0 saturated heterocycles. The number of thioether (sulfide) groups is 1. The van der Waals surface area contributed by atoms with Crippen molar-refractivity contribution in [1.29, 1.82) is 0 Å². The molecule has 278 valence electrons. The summed E-state index contributed by atoms with van der Waals surface area (Å²) in [4.78, 5) is 16.8. The minimum absolute atomic E-state index is 0.273. The van der Waals surface area contributed by atoms with Gasteiger partial charge >= 0.3 is 5.97 Å². The van der Waals surface area contributed by atoms with Crippen LogP contribution in [0.5, 0.6) is 5.75 Å². The van der Waals surface area contributed by atoms with Crippen molar-refractivity contribution in [3.8, 4) is 16.9 Å². The first-order valence-electron chi connectivity index (χ1n) is 17.8. The summed E-state index contributed by atoms with van der Waals surface area (Å²) in [6.07, 6.45) is 0.358. The summed E-state index contributed by atoms with van der Waals surface area (Å²) >= 11 is 8.92. The number of rotatable bonds is 5. The summed E-state index contributed by atoms with van der Waals surface area (Å²) in [7, 11) is 7.36. The fraction of sp³-hybridized carbons (Fsp3) is 0.375. The number of aliphatic hydroxyl groups excluding tert-OH is 1. The lowest BCUT2D eigenvalue weighted by atomic mass is 9.97. The molecular weight excluding hydrogens is 712 g/mol. The number of hydrogen-bond acceptors (Lipinski definition) is 9. The van der Waals surface area contributed by atoms with E-state index in [-0.39, 0.29) is 6.61 Å². The second-order valence-corrected chi connectivity index (χ2v) is 15.1. The van der Waals surface area contributed by atoms with Crippen LogP contribution in [0.4, 0.5) is 0 Å². The van der Waals surface area contributed by atoms with Gasteiger partial charge in [0.1, 0.15) is 11.4 Å². The van der Waals surface area contributed by atoms with Crippen molar-refractivity contribution in [2.75, 3.05) is 27.4 Å². The maximum Gasteiger partial charge on any atom is 0.354 e. The molecule has 1 unspecified atom stereocenters. The number of halogens is 1. The predicted molar refractivity (Wildman–Crippen MR) is 209 cm³/mol. The van der Waals surface area contributed by atoms with E-state index < -0.39 is 12.3 Å². The van der Waals surface area contributed by atoms with Crippen molar-refractivity contribution in [2.45, 2.75) is 63.3 Å². The first-order chi connectivity index (χ1) is 25.5. The molecule has 4 heterocycles. The average Bonchev–Trinajstić information content (AvgIpc) is 3.73. The van der Waals surface area contributed by atoms with Gasteiger partial charge < -0.3 is 23.9 Å². The molecule has 0 aliphatic carbocycles. The second-order valence-electron chi connectivity index (χ2n) is 13.6. The van der Waals surface area contributed by atoms with Crippen LogP contribution in [-0.4, -0.2) is 73.8 Å². The standard InChI is InChI=1S/C40H45ClN6O5S/c1-24-36-34(47(42-24)15-17-51-25(2)48)22-44(3)21-27-19-28(46(5)43-27)23-53-29-18-26-10-7-8-11-30(26)35(20-29)52-16-9-12-31-32-13-14-33(41)37(36)38(32)45(4)39(31)40(49)50-6/h7-8,10-11,13-14,18-20,25,48H,9,12,15-17,21-23H2,1-6H3. The van der Waals surface area contributed by atoms with Gasteiger partial charge in [-0.15, -0.1) is 11.8 Å². The van der Waals surface area contributed by atoms with E-state index in [4.69, 9.17) is 36.0 Å². The summed E-state index contributed by atoms with van der Waals surface area (Å²) in [6, 6.07) is 18.7. The second kappa shape index (κ2) is 15.6. The molecule has 3 aromatic heterocycles. The van der Waals surface area contributed by atoms with Crippen LogP contribution in [0.3, 0.4) is 0 Å². The van der Waals surface area contributed by atoms with Gasteiger partial charge in [-0.25, -0.2) is 4.79 Å². The molecule has 1 N–H and O–H groups in total. The molecule has 11 nitrogen and oxygen atoms in total. The lowest BCUT2D eigenvalue weighted by Crippen LogP contribution is -2.22. The summed E-state index contributed by atoms with van der Waals surface area (Å²) < 4.78 is 23.2. The quantitative estimate of drug-likeness (QED) is 0.143. The fourth-order valence-corrected chi connectivity index (χ4v) is 8.70. The van der Waals surface area contributed by atoms with E-state index in [0.717, 1.165) is 77.5 Å². The summed E-state index contributed by atoms with van der Waals surface area (Å²) in [6.45, 7) is 5.85. The summed E-state index contributed by atoms with van der Waals surface area (Å²) in [5, 5.41) is 23.4. The van der Waals surface area contributed by atoms with Crippen molar-refractivity contribution in [3.63, 3.8) is 0 Å². The summed E-state index contributed by atoms with van der Waals surface area (Å²) in [5.41, 5.74) is 7.70. The minimum Gasteiger partial charge on any atom is -0.493 e. The molecule has 1 atom stereocenters. The molecule has 0 amide bonds. The van der Waals surface area contributed by atoms with E-state index in [9.17, 15) is 9.90 Å². The zero-order valence-corrected chi connectivity index (χ0v) is 32.6. The Hall–Kier alpha value is -4.33. The van der Waals surface area contributed by atoms with Crippen molar-refractivity contribution in [3.05, 3.63) is 93.7 Å². The van der Waals surface area contributed by atoms with Crippen molar-refractivity contribution in [1.82, 2.24) is 29.0 Å². The van der Waals surface area contributed by atoms with Gasteiger partial charge in [0, 0.05) is 65.4 Å². The number of benzene rings is 3. The Kier molecular flexibility index (Phi) is 10.9. The maximum absolute atomic E-state index is 13.5. The molecule has 6 aromatic rings. The van der Waals surface area contributed by atoms with Crippen LogP contribution >= 0.6 is 23.4 Å². The number of carbonyl (C=O) groups is 1. The van der Waals surface area contributed by atoms with Gasteiger partial charge in [0.25, 0.3) is 0 Å². The lowest BCUT2D eigenvalue weighted by molar-refractivity contribution is -0.0878. The van der Waals surface area contributed by atoms with Crippen LogP contribution in [0.15, 0.2) is 59.5 Å². The molecule has 0 fully saturated rings. The van der Waals surface area contributed by atoms with Gasteiger partial charge in [0.05, 0.1) is 54.5 Å². The third-order valence-electron chi connectivity index (χ3n) is 9.82. The van der Waals surface area contributed by atoms with Gasteiger partial charge in [0.15, 0.2) is 6.29 Å². The number of fused-ring (bicyclic) bond motifs is 8. The van der Waals surface area contributed by atoms with E-state index in [1.54, 1.807) is 18.7 Å². The van der Waals surface area contributed by atoms with Gasteiger partial charge in [-0.2, -0.15) is 10.2 Å². The molecule has 0 spiro atoms. The first kappa shape index (κ1) is 37.0. The maximum atomic E-state index is 13.5. The van der Waals surface area contributed by atoms with Crippen LogP contribution in [0, 0.1) is 6.92 Å². The number of carbonyl (C=O) groups excluding carboxylic acids is 1. The van der Waals surface area contributed by atoms with E-state index in [1.807, 2.05) is 59.2 Å². The topological polar surface area (TPSA) is 109 Å². The zero-order valence-electron chi connectivity index (χ0n) is 31.0. The van der Waals surface area contributed by atoms with E-state index in [1.165, 1.54) is 7.11 Å². The minimum atomic E-state index is -0.895. The van der Waals surface area contributed by atoms with Crippen molar-refractivity contribution >= 4 is 51.0 Å². The SMILES string of the molecule is COC(=O)c1c2c3ccc(Cl)c(c3n1C)-c1c(C)nn(CCOC(C)O)c1CN(C)Cc1cc(n(C)n1)CSc1cc(c3ccccc3c1)OCCC2. The normalized spacial score (nSPS) is 14.9. The van der Waals surface area contributed by atoms with Crippen molar-refractivity contribution < 1.29 is 24.1 Å². The van der Waals surface area contributed by atoms with Crippen LogP contribution in [0.2, 0.25) is 5.02 Å². The average molecular weight is 757 g/mol. The largest absolute Gasteiger partial charge is 0.493 e. The van der Waals surface area contributed by atoms with Gasteiger partial charge in [0.2, 0.25) is 0 Å². The fourth-order valence-electron chi connectivity index (χ4n) is 7.47. The van der Waals surface area contributed by atoms with Gasteiger partial charge in [-0.1, -0.05) is 41.9 Å². The highest BCUT2D eigenvalue weighted by Crippen LogP contribution is 2.42. The van der Waals surface area contributed by atoms with Gasteiger partial charge in [-0.3, -0.25) is 14.3 Å². The van der Waals surface area contributed by atoms with Crippen LogP contribution in [-0.2, 0) is 55.4 Å². The molecular formula is C40H45ClN6O5S. The highest BCUT2D eigenvalue weighted by atomic mass is 35.5. The van der Waals surface area contributed by atoms with Crippen molar-refractivity contribution in [2.24, 2.45) is 14.1 Å². The highest BCUT2D eigenvalue weighted by molar-refractivity contribution is 7.98. The Morgan fingerprint density at radius 2 is 1.87 bits per heavy atom. The zero-order chi connectivity index (χ0) is 37.4. The monoisotopic (exact) mass is 756 g/mol. The predicted octanol–water partition coefficient (Wildman–Crippen LogP) is 7.28. The number of ether oxygens (including phenoxy) is 3. The Morgan fingerprint density at radius 3 is 2.66 bits per heavy atom. The number of nitrogens with zero attached hydrogens (tertiary/aromatic N) is 6. The number of methoxy groups -OCH3 is 1. The molecule has 13 heteroatoms. The third kappa shape index (κ3) is 7.43. The highest BCUT2D eigenvalue weighted by Gasteiger charge is 2.29. The molecule has 8 bridgehead atoms. The van der Waals surface area contributed by atoms with Crippen LogP contribution < -0.4 is 4.74 Å². The lowest BCUT2D eigenvalue weighted by Gasteiger charge is -2.19. The first-order valence-corrected chi connectivity index (χ1v) is 19.1. The number of hydrogen-bond donors (Lipinski definition) is 1. The molecule has 0 radical (unpaired) electrons. The Bertz CT molecular complexity index is 2310. The number of esters is 1. The summed E-state index contributed by atoms with van der Waals surface area (Å²) in [5.74, 6) is 1.17. The van der Waals surface area contributed by atoms with E-state index >= 15 is 0 Å². The molecule has 0 saturated carbocycles. The molecule has 7 rings (SSSR count). The molecule has 3 aromatic carbocycles. The third-order valence-corrected chi connectivity index (χ3v) is 11.1. The molecule has 1 aliphatic rings. The number of aliphatic hydroxyl groups is 1. The smallest absolute Gasteiger partial charge is 0.354 e. The van der Waals surface area contributed by atoms with Gasteiger partial charge in [-0.05, 0) is 69.0 Å². The Morgan fingerprint density at radius 1 is 1.06 bits per heavy atom. The Balaban J connectivity index is 1.39.